The molecule has 1 aliphatic rings. The van der Waals surface area contributed by atoms with Crippen LogP contribution >= 0.6 is 11.3 Å². The number of aromatic nitrogens is 2. The first-order valence-electron chi connectivity index (χ1n) is 7.60. The lowest BCUT2D eigenvalue weighted by molar-refractivity contribution is -0.114. The minimum Gasteiger partial charge on any atom is -0.301 e. The Hall–Kier alpha value is -1.84. The molecular weight excluding hydrogens is 348 g/mol. The summed E-state index contributed by atoms with van der Waals surface area (Å²) in [6.07, 6.45) is 3.28. The molecule has 3 rings (SSSR count). The van der Waals surface area contributed by atoms with Crippen molar-refractivity contribution in [1.29, 1.82) is 0 Å². The molecule has 9 heteroatoms. The molecule has 128 valence electrons. The van der Waals surface area contributed by atoms with Gasteiger partial charge in [0, 0.05) is 13.0 Å². The summed E-state index contributed by atoms with van der Waals surface area (Å²) >= 11 is 0.821. The molecule has 1 atom stereocenters. The van der Waals surface area contributed by atoms with Crippen LogP contribution in [0.2, 0.25) is 0 Å². The third-order valence-electron chi connectivity index (χ3n) is 3.87. The van der Waals surface area contributed by atoms with E-state index < -0.39 is 10.0 Å². The highest BCUT2D eigenvalue weighted by Crippen LogP contribution is 2.27. The predicted octanol–water partition coefficient (Wildman–Crippen LogP) is 2.02. The zero-order chi connectivity index (χ0) is 17.3. The third-order valence-corrected chi connectivity index (χ3v) is 6.62. The molecule has 1 aromatic heterocycles. The Balaban J connectivity index is 1.76. The predicted molar refractivity (Wildman–Crippen MR) is 91.4 cm³/mol. The van der Waals surface area contributed by atoms with Crippen LogP contribution in [-0.2, 0) is 27.7 Å². The van der Waals surface area contributed by atoms with E-state index in [1.807, 2.05) is 6.07 Å². The molecule has 0 bridgehead atoms. The van der Waals surface area contributed by atoms with Crippen LogP contribution in [0, 0.1) is 0 Å². The molecule has 0 saturated carbocycles. The number of nitrogens with one attached hydrogen (secondary N) is 2. The molecule has 1 unspecified atom stereocenters. The number of carbonyl (C=O) groups is 1. The second-order valence-corrected chi connectivity index (χ2v) is 8.64. The van der Waals surface area contributed by atoms with Crippen molar-refractivity contribution < 1.29 is 13.2 Å². The van der Waals surface area contributed by atoms with E-state index in [4.69, 9.17) is 0 Å². The summed E-state index contributed by atoms with van der Waals surface area (Å²) in [5.41, 5.74) is 3.56. The molecule has 2 N–H and O–H groups in total. The van der Waals surface area contributed by atoms with Gasteiger partial charge in [-0.05, 0) is 42.9 Å². The summed E-state index contributed by atoms with van der Waals surface area (Å²) in [7, 11) is -3.79. The minimum absolute atomic E-state index is 0.160. The van der Waals surface area contributed by atoms with E-state index in [9.17, 15) is 13.2 Å². The third kappa shape index (κ3) is 3.63. The van der Waals surface area contributed by atoms with Gasteiger partial charge in [-0.3, -0.25) is 4.79 Å². The molecule has 24 heavy (non-hydrogen) atoms. The number of carbonyl (C=O) groups excluding carboxylic acids is 1. The number of benzene rings is 1. The van der Waals surface area contributed by atoms with Crippen LogP contribution in [0.1, 0.15) is 43.0 Å². The van der Waals surface area contributed by atoms with Crippen molar-refractivity contribution in [3.63, 3.8) is 0 Å². The molecule has 0 spiro atoms. The Bertz CT molecular complexity index is 877. The first kappa shape index (κ1) is 17.0. The number of amides is 1. The standard InChI is InChI=1S/C15H18N4O3S2/c1-9(12-7-6-11-4-3-5-13(11)8-12)19-24(21,22)15-18-17-14(23-15)16-10(2)20/h6-9,19H,3-5H2,1-2H3,(H,16,17,20). The second kappa shape index (κ2) is 6.58. The van der Waals surface area contributed by atoms with Crippen molar-refractivity contribution in [3.8, 4) is 0 Å². The van der Waals surface area contributed by atoms with E-state index in [-0.39, 0.29) is 21.4 Å². The van der Waals surface area contributed by atoms with Crippen LogP contribution in [0.25, 0.3) is 0 Å². The molecule has 0 aliphatic heterocycles. The number of anilines is 1. The van der Waals surface area contributed by atoms with Crippen LogP contribution < -0.4 is 10.0 Å². The number of hydrogen-bond acceptors (Lipinski definition) is 6. The molecular formula is C15H18N4O3S2. The molecule has 1 aromatic carbocycles. The molecule has 0 fully saturated rings. The zero-order valence-corrected chi connectivity index (χ0v) is 15.0. The van der Waals surface area contributed by atoms with Gasteiger partial charge >= 0.3 is 0 Å². The normalized spacial score (nSPS) is 15.1. The molecule has 1 aliphatic carbocycles. The van der Waals surface area contributed by atoms with Gasteiger partial charge in [0.15, 0.2) is 0 Å². The maximum atomic E-state index is 12.4. The Kier molecular flexibility index (Phi) is 4.66. The summed E-state index contributed by atoms with van der Waals surface area (Å²) in [5, 5.41) is 9.90. The van der Waals surface area contributed by atoms with Gasteiger partial charge in [0.1, 0.15) is 0 Å². The minimum atomic E-state index is -3.79. The molecule has 0 radical (unpaired) electrons. The monoisotopic (exact) mass is 366 g/mol. The van der Waals surface area contributed by atoms with E-state index in [0.717, 1.165) is 36.2 Å². The Morgan fingerprint density at radius 1 is 1.25 bits per heavy atom. The van der Waals surface area contributed by atoms with Gasteiger partial charge in [-0.15, -0.1) is 10.2 Å². The van der Waals surface area contributed by atoms with Gasteiger partial charge in [-0.25, -0.2) is 13.1 Å². The number of hydrogen-bond donors (Lipinski definition) is 2. The van der Waals surface area contributed by atoms with Crippen molar-refractivity contribution in [2.75, 3.05) is 5.32 Å². The van der Waals surface area contributed by atoms with Gasteiger partial charge in [0.05, 0.1) is 0 Å². The molecule has 1 heterocycles. The highest BCUT2D eigenvalue weighted by molar-refractivity contribution is 7.91. The summed E-state index contributed by atoms with van der Waals surface area (Å²) in [5.74, 6) is -0.324. The van der Waals surface area contributed by atoms with Crippen molar-refractivity contribution in [3.05, 3.63) is 34.9 Å². The zero-order valence-electron chi connectivity index (χ0n) is 13.4. The summed E-state index contributed by atoms with van der Waals surface area (Å²) in [6, 6.07) is 5.72. The van der Waals surface area contributed by atoms with E-state index in [0.29, 0.717) is 0 Å². The fourth-order valence-corrected chi connectivity index (χ4v) is 4.93. The van der Waals surface area contributed by atoms with Gasteiger partial charge in [-0.1, -0.05) is 29.5 Å². The van der Waals surface area contributed by atoms with Gasteiger partial charge in [-0.2, -0.15) is 0 Å². The number of sulfonamides is 1. The van der Waals surface area contributed by atoms with Crippen LogP contribution in [0.4, 0.5) is 5.13 Å². The Morgan fingerprint density at radius 3 is 2.75 bits per heavy atom. The molecule has 7 nitrogen and oxygen atoms in total. The number of aryl methyl sites for hydroxylation is 2. The number of fused-ring (bicyclic) bond motifs is 1. The highest BCUT2D eigenvalue weighted by Gasteiger charge is 2.24. The summed E-state index contributed by atoms with van der Waals surface area (Å²) < 4.78 is 27.3. The molecule has 2 aromatic rings. The number of rotatable bonds is 5. The van der Waals surface area contributed by atoms with Crippen LogP contribution in [0.15, 0.2) is 22.5 Å². The van der Waals surface area contributed by atoms with Gasteiger partial charge in [0.25, 0.3) is 10.0 Å². The lowest BCUT2D eigenvalue weighted by Gasteiger charge is -2.14. The van der Waals surface area contributed by atoms with Crippen molar-refractivity contribution in [1.82, 2.24) is 14.9 Å². The first-order chi connectivity index (χ1) is 11.3. The maximum Gasteiger partial charge on any atom is 0.270 e. The highest BCUT2D eigenvalue weighted by atomic mass is 32.2. The van der Waals surface area contributed by atoms with Gasteiger partial charge in [0.2, 0.25) is 15.4 Å². The Morgan fingerprint density at radius 2 is 2.00 bits per heavy atom. The van der Waals surface area contributed by atoms with Crippen molar-refractivity contribution in [2.24, 2.45) is 0 Å². The second-order valence-electron chi connectivity index (χ2n) is 5.78. The van der Waals surface area contributed by atoms with E-state index >= 15 is 0 Å². The fourth-order valence-electron chi connectivity index (χ4n) is 2.73. The smallest absolute Gasteiger partial charge is 0.270 e. The van der Waals surface area contributed by atoms with Crippen LogP contribution in [-0.4, -0.2) is 24.5 Å². The maximum absolute atomic E-state index is 12.4. The topological polar surface area (TPSA) is 101 Å². The first-order valence-corrected chi connectivity index (χ1v) is 9.90. The Labute approximate surface area is 144 Å². The van der Waals surface area contributed by atoms with E-state index in [2.05, 4.69) is 32.4 Å². The fraction of sp³-hybridized carbons (Fsp3) is 0.400. The van der Waals surface area contributed by atoms with Crippen molar-refractivity contribution >= 4 is 32.4 Å². The lowest BCUT2D eigenvalue weighted by atomic mass is 10.0. The van der Waals surface area contributed by atoms with Crippen molar-refractivity contribution in [2.45, 2.75) is 43.5 Å². The van der Waals surface area contributed by atoms with Crippen LogP contribution in [0.3, 0.4) is 0 Å². The average Bonchev–Trinajstić information content (AvgIpc) is 3.14. The largest absolute Gasteiger partial charge is 0.301 e. The van der Waals surface area contributed by atoms with Gasteiger partial charge < -0.3 is 5.32 Å². The molecule has 1 amide bonds. The summed E-state index contributed by atoms with van der Waals surface area (Å²) in [6.45, 7) is 3.12. The lowest BCUT2D eigenvalue weighted by Crippen LogP contribution is -2.27. The number of nitrogens with zero attached hydrogens (tertiary/aromatic N) is 2. The van der Waals surface area contributed by atoms with E-state index in [1.54, 1.807) is 6.92 Å². The average molecular weight is 366 g/mol. The van der Waals surface area contributed by atoms with Crippen LogP contribution in [0.5, 0.6) is 0 Å². The SMILES string of the molecule is CC(=O)Nc1nnc(S(=O)(=O)NC(C)c2ccc3c(c2)CCC3)s1. The quantitative estimate of drug-likeness (QED) is 0.789. The summed E-state index contributed by atoms with van der Waals surface area (Å²) in [4.78, 5) is 11.0. The molecule has 0 saturated heterocycles. The van der Waals surface area contributed by atoms with E-state index in [1.165, 1.54) is 18.1 Å².